The van der Waals surface area contributed by atoms with Crippen LogP contribution in [0.5, 0.6) is 5.75 Å². The monoisotopic (exact) mass is 397 g/mol. The van der Waals surface area contributed by atoms with Gasteiger partial charge in [0.25, 0.3) is 0 Å². The number of halogens is 1. The maximum absolute atomic E-state index is 12.5. The second kappa shape index (κ2) is 8.53. The Bertz CT molecular complexity index is 912. The van der Waals surface area contributed by atoms with E-state index in [9.17, 15) is 13.2 Å². The Hall–Kier alpha value is -2.09. The van der Waals surface area contributed by atoms with Gasteiger partial charge in [-0.15, -0.1) is 0 Å². The van der Waals surface area contributed by atoms with Crippen LogP contribution in [-0.4, -0.2) is 35.2 Å². The number of hydrogen-bond donors (Lipinski definition) is 1. The number of hydrogen-bond acceptors (Lipinski definition) is 5. The fraction of sp³-hybridized carbons (Fsp3) is 0.278. The van der Waals surface area contributed by atoms with Gasteiger partial charge in [-0.05, 0) is 43.2 Å². The SMILES string of the molecule is COC(=O)c1ccc(S(=O)(=O)NCCc2cc(C)ccc2OC)c(Cl)c1. The molecule has 0 saturated heterocycles. The zero-order chi connectivity index (χ0) is 19.3. The van der Waals surface area contributed by atoms with Crippen molar-refractivity contribution in [3.05, 3.63) is 58.1 Å². The smallest absolute Gasteiger partial charge is 0.337 e. The van der Waals surface area contributed by atoms with E-state index in [0.29, 0.717) is 12.2 Å². The summed E-state index contributed by atoms with van der Waals surface area (Å²) in [5, 5.41) is -0.0477. The molecule has 140 valence electrons. The van der Waals surface area contributed by atoms with Gasteiger partial charge in [0.05, 0.1) is 24.8 Å². The lowest BCUT2D eigenvalue weighted by molar-refractivity contribution is 0.0600. The van der Waals surface area contributed by atoms with Crippen LogP contribution in [0.25, 0.3) is 0 Å². The number of aryl methyl sites for hydroxylation is 1. The van der Waals surface area contributed by atoms with E-state index in [-0.39, 0.29) is 22.0 Å². The van der Waals surface area contributed by atoms with E-state index in [1.165, 1.54) is 25.3 Å². The van der Waals surface area contributed by atoms with Gasteiger partial charge in [-0.2, -0.15) is 0 Å². The van der Waals surface area contributed by atoms with Crippen molar-refractivity contribution in [2.24, 2.45) is 0 Å². The largest absolute Gasteiger partial charge is 0.496 e. The van der Waals surface area contributed by atoms with Crippen molar-refractivity contribution in [3.8, 4) is 5.75 Å². The second-order valence-corrected chi connectivity index (χ2v) is 7.74. The average molecular weight is 398 g/mol. The molecule has 1 N–H and O–H groups in total. The number of carbonyl (C=O) groups is 1. The lowest BCUT2D eigenvalue weighted by atomic mass is 10.1. The zero-order valence-electron chi connectivity index (χ0n) is 14.7. The minimum Gasteiger partial charge on any atom is -0.496 e. The van der Waals surface area contributed by atoms with Crippen molar-refractivity contribution in [3.63, 3.8) is 0 Å². The summed E-state index contributed by atoms with van der Waals surface area (Å²) in [4.78, 5) is 11.4. The Morgan fingerprint density at radius 3 is 2.50 bits per heavy atom. The minimum atomic E-state index is -3.81. The van der Waals surface area contributed by atoms with Gasteiger partial charge in [-0.3, -0.25) is 0 Å². The molecule has 2 aromatic rings. The highest BCUT2D eigenvalue weighted by atomic mass is 35.5. The highest BCUT2D eigenvalue weighted by Gasteiger charge is 2.19. The standard InChI is InChI=1S/C18H20ClNO5S/c1-12-4-6-16(24-2)13(10-12)8-9-20-26(22,23)17-7-5-14(11-15(17)19)18(21)25-3/h4-7,10-11,20H,8-9H2,1-3H3. The molecule has 0 heterocycles. The number of ether oxygens (including phenoxy) is 2. The number of methoxy groups -OCH3 is 2. The first kappa shape index (κ1) is 20.2. The Kier molecular flexibility index (Phi) is 6.63. The number of carbonyl (C=O) groups excluding carboxylic acids is 1. The lowest BCUT2D eigenvalue weighted by Crippen LogP contribution is -2.26. The van der Waals surface area contributed by atoms with Crippen molar-refractivity contribution in [2.45, 2.75) is 18.2 Å². The Morgan fingerprint density at radius 2 is 1.88 bits per heavy atom. The third-order valence-electron chi connectivity index (χ3n) is 3.76. The van der Waals surface area contributed by atoms with E-state index < -0.39 is 16.0 Å². The maximum Gasteiger partial charge on any atom is 0.337 e. The molecule has 0 aromatic heterocycles. The van der Waals surface area contributed by atoms with Gasteiger partial charge < -0.3 is 9.47 Å². The van der Waals surface area contributed by atoms with Gasteiger partial charge in [-0.25, -0.2) is 17.9 Å². The van der Waals surface area contributed by atoms with Crippen LogP contribution in [0.2, 0.25) is 5.02 Å². The van der Waals surface area contributed by atoms with Crippen LogP contribution in [0.3, 0.4) is 0 Å². The van der Waals surface area contributed by atoms with Gasteiger partial charge in [-0.1, -0.05) is 29.3 Å². The van der Waals surface area contributed by atoms with Crippen molar-refractivity contribution in [1.82, 2.24) is 4.72 Å². The summed E-state index contributed by atoms with van der Waals surface area (Å²) in [5.74, 6) is 0.116. The van der Waals surface area contributed by atoms with E-state index in [2.05, 4.69) is 9.46 Å². The number of sulfonamides is 1. The van der Waals surface area contributed by atoms with Crippen LogP contribution in [0.15, 0.2) is 41.3 Å². The fourth-order valence-electron chi connectivity index (χ4n) is 2.46. The van der Waals surface area contributed by atoms with E-state index in [4.69, 9.17) is 16.3 Å². The summed E-state index contributed by atoms with van der Waals surface area (Å²) in [6.45, 7) is 2.13. The molecule has 0 spiro atoms. The summed E-state index contributed by atoms with van der Waals surface area (Å²) < 4.78 is 37.3. The van der Waals surface area contributed by atoms with E-state index in [1.807, 2.05) is 25.1 Å². The lowest BCUT2D eigenvalue weighted by Gasteiger charge is -2.12. The zero-order valence-corrected chi connectivity index (χ0v) is 16.3. The van der Waals surface area contributed by atoms with Crippen LogP contribution in [0.1, 0.15) is 21.5 Å². The number of benzene rings is 2. The van der Waals surface area contributed by atoms with Crippen LogP contribution in [0, 0.1) is 6.92 Å². The molecule has 0 bridgehead atoms. The fourth-order valence-corrected chi connectivity index (χ4v) is 4.04. The highest BCUT2D eigenvalue weighted by Crippen LogP contribution is 2.24. The minimum absolute atomic E-state index is 0.0477. The maximum atomic E-state index is 12.5. The molecule has 0 aliphatic carbocycles. The van der Waals surface area contributed by atoms with Crippen LogP contribution in [-0.2, 0) is 21.2 Å². The van der Waals surface area contributed by atoms with Gasteiger partial charge in [0, 0.05) is 6.54 Å². The Morgan fingerprint density at radius 1 is 1.15 bits per heavy atom. The van der Waals surface area contributed by atoms with Crippen molar-refractivity contribution >= 4 is 27.6 Å². The quantitative estimate of drug-likeness (QED) is 0.726. The summed E-state index contributed by atoms with van der Waals surface area (Å²) >= 11 is 6.03. The van der Waals surface area contributed by atoms with Crippen LogP contribution >= 0.6 is 11.6 Å². The molecule has 8 heteroatoms. The Balaban J connectivity index is 2.12. The molecule has 0 aliphatic heterocycles. The molecule has 6 nitrogen and oxygen atoms in total. The second-order valence-electron chi connectivity index (χ2n) is 5.60. The predicted octanol–water partition coefficient (Wildman–Crippen LogP) is 2.96. The molecule has 0 saturated carbocycles. The molecule has 0 unspecified atom stereocenters. The van der Waals surface area contributed by atoms with Crippen molar-refractivity contribution in [2.75, 3.05) is 20.8 Å². The molecule has 0 atom stereocenters. The topological polar surface area (TPSA) is 81.7 Å². The third kappa shape index (κ3) is 4.75. The summed E-state index contributed by atoms with van der Waals surface area (Å²) in [6.07, 6.45) is 0.460. The van der Waals surface area contributed by atoms with Gasteiger partial charge in [0.15, 0.2) is 0 Å². The Labute approximate surface area is 158 Å². The van der Waals surface area contributed by atoms with Gasteiger partial charge in [0.1, 0.15) is 10.6 Å². The molecular formula is C18H20ClNO5S. The van der Waals surface area contributed by atoms with Crippen LogP contribution in [0.4, 0.5) is 0 Å². The van der Waals surface area contributed by atoms with E-state index in [0.717, 1.165) is 11.1 Å². The van der Waals surface area contributed by atoms with Gasteiger partial charge >= 0.3 is 5.97 Å². The molecular weight excluding hydrogens is 378 g/mol. The first-order chi connectivity index (χ1) is 12.3. The number of esters is 1. The highest BCUT2D eigenvalue weighted by molar-refractivity contribution is 7.89. The molecule has 26 heavy (non-hydrogen) atoms. The summed E-state index contributed by atoms with van der Waals surface area (Å²) in [5.41, 5.74) is 2.15. The van der Waals surface area contributed by atoms with Gasteiger partial charge in [0.2, 0.25) is 10.0 Å². The third-order valence-corrected chi connectivity index (χ3v) is 5.71. The average Bonchev–Trinajstić information content (AvgIpc) is 2.60. The molecule has 0 radical (unpaired) electrons. The molecule has 0 fully saturated rings. The normalized spacial score (nSPS) is 11.2. The number of rotatable bonds is 7. The summed E-state index contributed by atoms with van der Waals surface area (Å²) in [7, 11) is -1.01. The number of nitrogens with one attached hydrogen (secondary N) is 1. The predicted molar refractivity (Wildman–Crippen MR) is 99.4 cm³/mol. The van der Waals surface area contributed by atoms with Crippen LogP contribution < -0.4 is 9.46 Å². The van der Waals surface area contributed by atoms with E-state index >= 15 is 0 Å². The van der Waals surface area contributed by atoms with Crippen molar-refractivity contribution < 1.29 is 22.7 Å². The molecule has 0 amide bonds. The molecule has 0 aliphatic rings. The molecule has 2 rings (SSSR count). The first-order valence-corrected chi connectivity index (χ1v) is 9.65. The molecule has 2 aromatic carbocycles. The summed E-state index contributed by atoms with van der Waals surface area (Å²) in [6, 6.07) is 9.63. The first-order valence-electron chi connectivity index (χ1n) is 7.79. The van der Waals surface area contributed by atoms with Crippen molar-refractivity contribution in [1.29, 1.82) is 0 Å². The van der Waals surface area contributed by atoms with E-state index in [1.54, 1.807) is 7.11 Å².